The van der Waals surface area contributed by atoms with Gasteiger partial charge in [0.05, 0.1) is 10.7 Å². The Balaban J connectivity index is 2.53. The molecule has 0 N–H and O–H groups in total. The minimum absolute atomic E-state index is 0.0719. The predicted octanol–water partition coefficient (Wildman–Crippen LogP) is 3.30. The zero-order valence-electron chi connectivity index (χ0n) is 9.88. The Morgan fingerprint density at radius 1 is 1.41 bits per heavy atom. The van der Waals surface area contributed by atoms with Gasteiger partial charge in [0.1, 0.15) is 5.78 Å². The van der Waals surface area contributed by atoms with Gasteiger partial charge in [0.2, 0.25) is 0 Å². The second-order valence-corrected chi connectivity index (χ2v) is 4.86. The summed E-state index contributed by atoms with van der Waals surface area (Å²) in [5.74, 6) is 0.726. The largest absolute Gasteiger partial charge is 0.298 e. The Morgan fingerprint density at radius 2 is 2.00 bits per heavy atom. The van der Waals surface area contributed by atoms with Crippen LogP contribution in [0.25, 0.3) is 0 Å². The Bertz CT molecular complexity index is 403. The number of nitrogens with zero attached hydrogens (tertiary/aromatic N) is 1. The number of nitro groups is 1. The maximum Gasteiger partial charge on any atom is 0.269 e. The zero-order valence-corrected chi connectivity index (χ0v) is 10.7. The second-order valence-electron chi connectivity index (χ2n) is 3.82. The first-order valence-corrected chi connectivity index (χ1v) is 6.43. The van der Waals surface area contributed by atoms with Gasteiger partial charge in [0.25, 0.3) is 5.69 Å². The van der Waals surface area contributed by atoms with Gasteiger partial charge in [-0.05, 0) is 18.6 Å². The van der Waals surface area contributed by atoms with Gasteiger partial charge in [0, 0.05) is 22.9 Å². The number of ketones is 1. The molecule has 0 spiro atoms. The van der Waals surface area contributed by atoms with E-state index in [0.29, 0.717) is 5.75 Å². The van der Waals surface area contributed by atoms with Crippen molar-refractivity contribution in [3.63, 3.8) is 0 Å². The van der Waals surface area contributed by atoms with Crippen molar-refractivity contribution in [2.45, 2.75) is 25.2 Å². The first-order valence-electron chi connectivity index (χ1n) is 5.44. The van der Waals surface area contributed by atoms with Gasteiger partial charge >= 0.3 is 0 Å². The van der Waals surface area contributed by atoms with Crippen molar-refractivity contribution in [3.8, 4) is 0 Å². The van der Waals surface area contributed by atoms with Crippen LogP contribution in [-0.2, 0) is 4.79 Å². The molecule has 0 heterocycles. The minimum atomic E-state index is -0.432. The third-order valence-corrected chi connectivity index (χ3v) is 3.63. The van der Waals surface area contributed by atoms with E-state index in [2.05, 4.69) is 0 Å². The number of thioether (sulfide) groups is 1. The van der Waals surface area contributed by atoms with Crippen LogP contribution in [0, 0.1) is 16.0 Å². The van der Waals surface area contributed by atoms with E-state index in [-0.39, 0.29) is 17.4 Å². The topological polar surface area (TPSA) is 60.2 Å². The molecule has 1 atom stereocenters. The van der Waals surface area contributed by atoms with Crippen LogP contribution >= 0.6 is 11.8 Å². The highest BCUT2D eigenvalue weighted by atomic mass is 32.2. The van der Waals surface area contributed by atoms with E-state index in [1.165, 1.54) is 23.9 Å². The van der Waals surface area contributed by atoms with Crippen molar-refractivity contribution < 1.29 is 9.72 Å². The Hall–Kier alpha value is -1.36. The van der Waals surface area contributed by atoms with Gasteiger partial charge in [-0.25, -0.2) is 0 Å². The molecule has 1 aromatic rings. The number of benzene rings is 1. The molecule has 1 aromatic carbocycles. The van der Waals surface area contributed by atoms with Crippen molar-refractivity contribution in [1.82, 2.24) is 0 Å². The fraction of sp³-hybridized carbons (Fsp3) is 0.417. The lowest BCUT2D eigenvalue weighted by molar-refractivity contribution is -0.384. The lowest BCUT2D eigenvalue weighted by atomic mass is 10.1. The van der Waals surface area contributed by atoms with Crippen LogP contribution in [0.2, 0.25) is 0 Å². The molecule has 4 nitrogen and oxygen atoms in total. The molecule has 0 fully saturated rings. The smallest absolute Gasteiger partial charge is 0.269 e. The van der Waals surface area contributed by atoms with Gasteiger partial charge in [-0.2, -0.15) is 0 Å². The summed E-state index contributed by atoms with van der Waals surface area (Å²) >= 11 is 1.42. The normalized spacial score (nSPS) is 12.1. The van der Waals surface area contributed by atoms with Crippen molar-refractivity contribution in [3.05, 3.63) is 34.4 Å². The standard InChI is InChI=1S/C12H15NO3S/c1-3-9(2)12(14)8-17-11-6-4-10(5-7-11)13(15)16/h4-7,9H,3,8H2,1-2H3. The number of carbonyl (C=O) groups is 1. The summed E-state index contributed by atoms with van der Waals surface area (Å²) in [6.45, 7) is 3.90. The summed E-state index contributed by atoms with van der Waals surface area (Å²) in [6, 6.07) is 6.26. The molecule has 0 aromatic heterocycles. The zero-order chi connectivity index (χ0) is 12.8. The number of non-ortho nitro benzene ring substituents is 1. The summed E-state index contributed by atoms with van der Waals surface area (Å²) in [5.41, 5.74) is 0.0719. The summed E-state index contributed by atoms with van der Waals surface area (Å²) in [6.07, 6.45) is 0.847. The fourth-order valence-corrected chi connectivity index (χ4v) is 2.11. The summed E-state index contributed by atoms with van der Waals surface area (Å²) in [4.78, 5) is 22.5. The molecule has 0 aliphatic heterocycles. The number of nitro benzene ring substituents is 1. The van der Waals surface area contributed by atoms with Gasteiger partial charge < -0.3 is 0 Å². The van der Waals surface area contributed by atoms with Gasteiger partial charge in [0.15, 0.2) is 0 Å². The number of hydrogen-bond acceptors (Lipinski definition) is 4. The molecule has 0 saturated carbocycles. The van der Waals surface area contributed by atoms with E-state index in [1.807, 2.05) is 13.8 Å². The molecule has 5 heteroatoms. The van der Waals surface area contributed by atoms with Crippen molar-refractivity contribution in [1.29, 1.82) is 0 Å². The molecule has 92 valence electrons. The predicted molar refractivity (Wildman–Crippen MR) is 68.3 cm³/mol. The first kappa shape index (κ1) is 13.7. The maximum absolute atomic E-state index is 11.6. The summed E-state index contributed by atoms with van der Waals surface area (Å²) < 4.78 is 0. The number of Topliss-reactive ketones (excluding diaryl/α,β-unsaturated/α-hetero) is 1. The van der Waals surface area contributed by atoms with Crippen LogP contribution in [0.15, 0.2) is 29.2 Å². The Kier molecular flexibility index (Phi) is 5.15. The van der Waals surface area contributed by atoms with Gasteiger partial charge in [-0.3, -0.25) is 14.9 Å². The quantitative estimate of drug-likeness (QED) is 0.443. The van der Waals surface area contributed by atoms with E-state index in [0.717, 1.165) is 11.3 Å². The monoisotopic (exact) mass is 253 g/mol. The van der Waals surface area contributed by atoms with Crippen LogP contribution in [0.5, 0.6) is 0 Å². The molecule has 0 aliphatic rings. The fourth-order valence-electron chi connectivity index (χ4n) is 1.19. The van der Waals surface area contributed by atoms with E-state index in [4.69, 9.17) is 0 Å². The average Bonchev–Trinajstić information content (AvgIpc) is 2.35. The van der Waals surface area contributed by atoms with E-state index in [1.54, 1.807) is 12.1 Å². The van der Waals surface area contributed by atoms with Crippen molar-refractivity contribution >= 4 is 23.2 Å². The average molecular weight is 253 g/mol. The molecular formula is C12H15NO3S. The summed E-state index contributed by atoms with van der Waals surface area (Å²) in [5, 5.41) is 10.5. The molecule has 0 aliphatic carbocycles. The molecule has 1 rings (SSSR count). The van der Waals surface area contributed by atoms with Crippen LogP contribution in [0.1, 0.15) is 20.3 Å². The molecule has 0 bridgehead atoms. The maximum atomic E-state index is 11.6. The van der Waals surface area contributed by atoms with Crippen LogP contribution < -0.4 is 0 Å². The van der Waals surface area contributed by atoms with Crippen molar-refractivity contribution in [2.75, 3.05) is 5.75 Å². The SMILES string of the molecule is CCC(C)C(=O)CSc1ccc([N+](=O)[O-])cc1. The van der Waals surface area contributed by atoms with Crippen LogP contribution in [-0.4, -0.2) is 16.5 Å². The third kappa shape index (κ3) is 4.19. The van der Waals surface area contributed by atoms with Gasteiger partial charge in [-0.1, -0.05) is 13.8 Å². The van der Waals surface area contributed by atoms with E-state index >= 15 is 0 Å². The molecule has 17 heavy (non-hydrogen) atoms. The number of rotatable bonds is 6. The van der Waals surface area contributed by atoms with E-state index in [9.17, 15) is 14.9 Å². The highest BCUT2D eigenvalue weighted by Crippen LogP contribution is 2.22. The Labute approximate surface area is 105 Å². The minimum Gasteiger partial charge on any atom is -0.298 e. The molecule has 0 radical (unpaired) electrons. The van der Waals surface area contributed by atoms with E-state index < -0.39 is 4.92 Å². The van der Waals surface area contributed by atoms with Crippen LogP contribution in [0.4, 0.5) is 5.69 Å². The molecule has 1 unspecified atom stereocenters. The van der Waals surface area contributed by atoms with Crippen LogP contribution in [0.3, 0.4) is 0 Å². The third-order valence-electron chi connectivity index (χ3n) is 2.59. The van der Waals surface area contributed by atoms with Crippen molar-refractivity contribution in [2.24, 2.45) is 5.92 Å². The highest BCUT2D eigenvalue weighted by molar-refractivity contribution is 8.00. The number of carbonyl (C=O) groups excluding carboxylic acids is 1. The first-order chi connectivity index (χ1) is 8.04. The number of hydrogen-bond donors (Lipinski definition) is 0. The summed E-state index contributed by atoms with van der Waals surface area (Å²) in [7, 11) is 0. The molecular weight excluding hydrogens is 238 g/mol. The Morgan fingerprint density at radius 3 is 2.47 bits per heavy atom. The van der Waals surface area contributed by atoms with Gasteiger partial charge in [-0.15, -0.1) is 11.8 Å². The second kappa shape index (κ2) is 6.39. The molecule has 0 amide bonds. The lowest BCUT2D eigenvalue weighted by Gasteiger charge is -2.06. The highest BCUT2D eigenvalue weighted by Gasteiger charge is 2.11. The lowest BCUT2D eigenvalue weighted by Crippen LogP contribution is -2.11. The molecule has 0 saturated heterocycles.